The van der Waals surface area contributed by atoms with Crippen molar-refractivity contribution in [1.29, 1.82) is 0 Å². The van der Waals surface area contributed by atoms with Gasteiger partial charge in [0.1, 0.15) is 5.75 Å². The number of hydrogen-bond donors (Lipinski definition) is 1. The van der Waals surface area contributed by atoms with Crippen molar-refractivity contribution in [2.24, 2.45) is 0 Å². The highest BCUT2D eigenvalue weighted by atomic mass is 16.3. The second-order valence-electron chi connectivity index (χ2n) is 5.48. The van der Waals surface area contributed by atoms with Crippen LogP contribution in [-0.4, -0.2) is 54.0 Å². The molecule has 0 aromatic heterocycles. The Morgan fingerprint density at radius 1 is 1.53 bits per heavy atom. The fraction of sp³-hybridized carbons (Fsp3) is 0.533. The third-order valence-electron chi connectivity index (χ3n) is 3.89. The van der Waals surface area contributed by atoms with Crippen LogP contribution < -0.4 is 0 Å². The van der Waals surface area contributed by atoms with E-state index >= 15 is 0 Å². The monoisotopic (exact) mass is 262 g/mol. The van der Waals surface area contributed by atoms with Crippen LogP contribution in [0.1, 0.15) is 28.8 Å². The molecule has 1 atom stereocenters. The van der Waals surface area contributed by atoms with Gasteiger partial charge in [-0.3, -0.25) is 4.79 Å². The average molecular weight is 262 g/mol. The molecular weight excluding hydrogens is 240 g/mol. The molecule has 1 aromatic rings. The summed E-state index contributed by atoms with van der Waals surface area (Å²) in [4.78, 5) is 16.3. The highest BCUT2D eigenvalue weighted by Gasteiger charge is 2.25. The van der Waals surface area contributed by atoms with Crippen LogP contribution in [0.4, 0.5) is 0 Å². The minimum atomic E-state index is -0.113. The maximum atomic E-state index is 12.3. The molecule has 1 N–H and O–H groups in total. The summed E-state index contributed by atoms with van der Waals surface area (Å²) in [7, 11) is 3.90. The summed E-state index contributed by atoms with van der Waals surface area (Å²) in [6, 6.07) is 5.61. The second-order valence-corrected chi connectivity index (χ2v) is 5.48. The lowest BCUT2D eigenvalue weighted by atomic mass is 10.1. The fourth-order valence-corrected chi connectivity index (χ4v) is 2.64. The first-order valence-electron chi connectivity index (χ1n) is 6.74. The van der Waals surface area contributed by atoms with Gasteiger partial charge in [-0.15, -0.1) is 0 Å². The van der Waals surface area contributed by atoms with Gasteiger partial charge in [0.25, 0.3) is 5.91 Å². The topological polar surface area (TPSA) is 43.8 Å². The maximum absolute atomic E-state index is 12.3. The van der Waals surface area contributed by atoms with Crippen molar-refractivity contribution in [1.82, 2.24) is 9.80 Å². The van der Waals surface area contributed by atoms with Crippen molar-refractivity contribution in [2.75, 3.05) is 27.2 Å². The molecule has 0 saturated carbocycles. The summed E-state index contributed by atoms with van der Waals surface area (Å²) in [6.07, 6.45) is 2.33. The van der Waals surface area contributed by atoms with E-state index in [1.165, 1.54) is 6.42 Å². The number of rotatable bonds is 3. The Morgan fingerprint density at radius 2 is 2.26 bits per heavy atom. The lowest BCUT2D eigenvalue weighted by Gasteiger charge is -2.26. The number of phenolic OH excluding ortho intramolecular Hbond substituents is 1. The Kier molecular flexibility index (Phi) is 4.10. The smallest absolute Gasteiger partial charge is 0.257 e. The predicted octanol–water partition coefficient (Wildman–Crippen LogP) is 1.87. The van der Waals surface area contributed by atoms with E-state index in [0.717, 1.165) is 18.5 Å². The minimum absolute atomic E-state index is 0.0663. The normalized spacial score (nSPS) is 19.6. The first-order chi connectivity index (χ1) is 8.99. The van der Waals surface area contributed by atoms with Gasteiger partial charge in [-0.25, -0.2) is 0 Å². The first kappa shape index (κ1) is 13.9. The number of likely N-dealkylation sites (tertiary alicyclic amines) is 1. The molecule has 1 aliphatic heterocycles. The van der Waals surface area contributed by atoms with Gasteiger partial charge in [-0.1, -0.05) is 6.07 Å². The summed E-state index contributed by atoms with van der Waals surface area (Å²) in [5.41, 5.74) is 1.33. The average Bonchev–Trinajstić information content (AvgIpc) is 2.74. The highest BCUT2D eigenvalue weighted by Crippen LogP contribution is 2.21. The van der Waals surface area contributed by atoms with E-state index in [0.29, 0.717) is 18.2 Å². The van der Waals surface area contributed by atoms with Gasteiger partial charge in [0, 0.05) is 19.6 Å². The van der Waals surface area contributed by atoms with Crippen molar-refractivity contribution < 1.29 is 9.90 Å². The third-order valence-corrected chi connectivity index (χ3v) is 3.89. The summed E-state index contributed by atoms with van der Waals surface area (Å²) >= 11 is 0. The van der Waals surface area contributed by atoms with Crippen molar-refractivity contribution in [3.8, 4) is 5.75 Å². The zero-order valence-corrected chi connectivity index (χ0v) is 11.9. The fourth-order valence-electron chi connectivity index (χ4n) is 2.64. The van der Waals surface area contributed by atoms with Crippen molar-refractivity contribution in [2.45, 2.75) is 25.8 Å². The minimum Gasteiger partial charge on any atom is -0.507 e. The molecule has 1 fully saturated rings. The molecule has 1 amide bonds. The van der Waals surface area contributed by atoms with Crippen LogP contribution in [0.2, 0.25) is 0 Å². The number of hydrogen-bond acceptors (Lipinski definition) is 3. The summed E-state index contributed by atoms with van der Waals surface area (Å²) in [6.45, 7) is 3.70. The van der Waals surface area contributed by atoms with E-state index in [2.05, 4.69) is 11.9 Å². The molecule has 0 aliphatic carbocycles. The number of carbonyl (C=O) groups excluding carboxylic acids is 1. The van der Waals surface area contributed by atoms with Gasteiger partial charge in [-0.05, 0) is 51.1 Å². The predicted molar refractivity (Wildman–Crippen MR) is 75.5 cm³/mol. The van der Waals surface area contributed by atoms with E-state index in [-0.39, 0.29) is 11.7 Å². The number of likely N-dealkylation sites (N-methyl/N-ethyl adjacent to an activating group) is 2. The van der Waals surface area contributed by atoms with Gasteiger partial charge < -0.3 is 14.9 Å². The Balaban J connectivity index is 2.06. The van der Waals surface area contributed by atoms with Gasteiger partial charge in [0.15, 0.2) is 0 Å². The lowest BCUT2D eigenvalue weighted by molar-refractivity contribution is 0.0758. The molecule has 104 valence electrons. The van der Waals surface area contributed by atoms with Gasteiger partial charge in [0.2, 0.25) is 0 Å². The van der Waals surface area contributed by atoms with Crippen LogP contribution >= 0.6 is 0 Å². The second kappa shape index (κ2) is 5.61. The Bertz CT molecular complexity index is 473. The van der Waals surface area contributed by atoms with Gasteiger partial charge in [-0.2, -0.15) is 0 Å². The molecule has 0 bridgehead atoms. The number of amides is 1. The Morgan fingerprint density at radius 3 is 2.84 bits per heavy atom. The largest absolute Gasteiger partial charge is 0.507 e. The SMILES string of the molecule is Cc1ccc(C(=O)N(C)CC2CCCN2C)c(O)c1. The number of benzene rings is 1. The van der Waals surface area contributed by atoms with Crippen molar-refractivity contribution >= 4 is 5.91 Å². The molecule has 4 heteroatoms. The van der Waals surface area contributed by atoms with Crippen LogP contribution in [0, 0.1) is 6.92 Å². The molecule has 1 aliphatic rings. The number of aromatic hydroxyl groups is 1. The Hall–Kier alpha value is -1.55. The molecule has 0 radical (unpaired) electrons. The zero-order valence-electron chi connectivity index (χ0n) is 11.9. The molecule has 4 nitrogen and oxygen atoms in total. The molecule has 1 aromatic carbocycles. The third kappa shape index (κ3) is 3.07. The standard InChI is InChI=1S/C15H22N2O2/c1-11-6-7-13(14(18)9-11)15(19)17(3)10-12-5-4-8-16(12)2/h6-7,9,12,18H,4-5,8,10H2,1-3H3. The van der Waals surface area contributed by atoms with Crippen LogP contribution in [-0.2, 0) is 0 Å². The van der Waals surface area contributed by atoms with Crippen molar-refractivity contribution in [3.05, 3.63) is 29.3 Å². The van der Waals surface area contributed by atoms with E-state index in [1.807, 2.05) is 13.0 Å². The van der Waals surface area contributed by atoms with E-state index in [1.54, 1.807) is 24.1 Å². The number of nitrogens with zero attached hydrogens (tertiary/aromatic N) is 2. The zero-order chi connectivity index (χ0) is 14.0. The summed E-state index contributed by atoms with van der Waals surface area (Å²) in [5.74, 6) is -0.0468. The molecule has 1 saturated heterocycles. The van der Waals surface area contributed by atoms with Crippen LogP contribution in [0.25, 0.3) is 0 Å². The highest BCUT2D eigenvalue weighted by molar-refractivity contribution is 5.96. The van der Waals surface area contributed by atoms with Crippen molar-refractivity contribution in [3.63, 3.8) is 0 Å². The van der Waals surface area contributed by atoms with Gasteiger partial charge in [0.05, 0.1) is 5.56 Å². The van der Waals surface area contributed by atoms with Crippen LogP contribution in [0.5, 0.6) is 5.75 Å². The summed E-state index contributed by atoms with van der Waals surface area (Å²) in [5, 5.41) is 9.87. The molecular formula is C15H22N2O2. The molecule has 2 rings (SSSR count). The molecule has 1 heterocycles. The van der Waals surface area contributed by atoms with Crippen LogP contribution in [0.15, 0.2) is 18.2 Å². The van der Waals surface area contributed by atoms with E-state index in [4.69, 9.17) is 0 Å². The lowest BCUT2D eigenvalue weighted by Crippen LogP contribution is -2.39. The number of aryl methyl sites for hydroxylation is 1. The molecule has 0 spiro atoms. The Labute approximate surface area is 114 Å². The number of carbonyl (C=O) groups is 1. The quantitative estimate of drug-likeness (QED) is 0.904. The van der Waals surface area contributed by atoms with Crippen LogP contribution in [0.3, 0.4) is 0 Å². The maximum Gasteiger partial charge on any atom is 0.257 e. The van der Waals surface area contributed by atoms with Gasteiger partial charge >= 0.3 is 0 Å². The molecule has 1 unspecified atom stereocenters. The van der Waals surface area contributed by atoms with E-state index < -0.39 is 0 Å². The van der Waals surface area contributed by atoms with E-state index in [9.17, 15) is 9.90 Å². The number of phenols is 1. The molecule has 19 heavy (non-hydrogen) atoms. The first-order valence-corrected chi connectivity index (χ1v) is 6.74. The summed E-state index contributed by atoms with van der Waals surface area (Å²) < 4.78 is 0.